The number of rotatable bonds is 5. The number of benzene rings is 2. The van der Waals surface area contributed by atoms with E-state index in [4.69, 9.17) is 5.11 Å². The van der Waals surface area contributed by atoms with Gasteiger partial charge in [-0.05, 0) is 36.2 Å². The molecule has 0 saturated heterocycles. The monoisotopic (exact) mass is 259 g/mol. The average Bonchev–Trinajstić information content (AvgIpc) is 2.39. The van der Waals surface area contributed by atoms with Gasteiger partial charge in [0.1, 0.15) is 5.82 Å². The number of hydrogen-bond acceptors (Lipinski definition) is 2. The number of halogens is 1. The lowest BCUT2D eigenvalue weighted by atomic mass is 10.1. The highest BCUT2D eigenvalue weighted by Crippen LogP contribution is 2.15. The maximum atomic E-state index is 13.0. The minimum absolute atomic E-state index is 0.238. The molecule has 0 amide bonds. The molecule has 0 spiro atoms. The standard InChI is InChI=1S/C15H14FNO2/c16-12-5-3-4-11(10-12)8-9-17-14-7-2-1-6-13(14)15(18)19/h1-7,10,17H,8-9H2,(H,18,19). The second-order valence-corrected chi connectivity index (χ2v) is 4.16. The topological polar surface area (TPSA) is 49.3 Å². The third kappa shape index (κ3) is 3.55. The van der Waals surface area contributed by atoms with Gasteiger partial charge in [-0.15, -0.1) is 0 Å². The van der Waals surface area contributed by atoms with Gasteiger partial charge >= 0.3 is 5.97 Å². The van der Waals surface area contributed by atoms with Crippen LogP contribution in [-0.4, -0.2) is 17.6 Å². The van der Waals surface area contributed by atoms with Crippen LogP contribution in [0.15, 0.2) is 48.5 Å². The summed E-state index contributed by atoms with van der Waals surface area (Å²) in [6, 6.07) is 13.1. The summed E-state index contributed by atoms with van der Waals surface area (Å²) in [6.07, 6.45) is 0.631. The van der Waals surface area contributed by atoms with E-state index in [1.165, 1.54) is 12.1 Å². The zero-order valence-corrected chi connectivity index (χ0v) is 10.3. The lowest BCUT2D eigenvalue weighted by Crippen LogP contribution is -2.09. The van der Waals surface area contributed by atoms with Crippen molar-refractivity contribution in [2.45, 2.75) is 6.42 Å². The Morgan fingerprint density at radius 1 is 1.16 bits per heavy atom. The molecule has 0 radical (unpaired) electrons. The molecule has 0 atom stereocenters. The van der Waals surface area contributed by atoms with E-state index in [-0.39, 0.29) is 11.4 Å². The summed E-state index contributed by atoms with van der Waals surface area (Å²) in [6.45, 7) is 0.549. The van der Waals surface area contributed by atoms with Gasteiger partial charge in [-0.1, -0.05) is 24.3 Å². The predicted octanol–water partition coefficient (Wildman–Crippen LogP) is 3.18. The van der Waals surface area contributed by atoms with Crippen LogP contribution in [0.25, 0.3) is 0 Å². The van der Waals surface area contributed by atoms with Gasteiger partial charge in [0.25, 0.3) is 0 Å². The zero-order valence-electron chi connectivity index (χ0n) is 10.3. The minimum atomic E-state index is -0.964. The van der Waals surface area contributed by atoms with E-state index in [0.717, 1.165) is 5.56 Å². The van der Waals surface area contributed by atoms with Crippen molar-refractivity contribution in [2.75, 3.05) is 11.9 Å². The molecule has 0 fully saturated rings. The molecule has 0 heterocycles. The summed E-state index contributed by atoms with van der Waals surface area (Å²) in [5, 5.41) is 12.1. The van der Waals surface area contributed by atoms with Gasteiger partial charge < -0.3 is 10.4 Å². The van der Waals surface area contributed by atoms with E-state index >= 15 is 0 Å². The third-order valence-electron chi connectivity index (χ3n) is 2.78. The van der Waals surface area contributed by atoms with Crippen LogP contribution in [0.4, 0.5) is 10.1 Å². The number of carboxylic acid groups (broad SMARTS) is 1. The molecule has 2 aromatic carbocycles. The molecule has 2 N–H and O–H groups in total. The molecule has 2 aromatic rings. The van der Waals surface area contributed by atoms with Crippen molar-refractivity contribution in [3.8, 4) is 0 Å². The van der Waals surface area contributed by atoms with Crippen LogP contribution in [-0.2, 0) is 6.42 Å². The van der Waals surface area contributed by atoms with Crippen molar-refractivity contribution in [3.05, 3.63) is 65.5 Å². The largest absolute Gasteiger partial charge is 0.478 e. The molecule has 0 aliphatic carbocycles. The molecule has 19 heavy (non-hydrogen) atoms. The number of carbonyl (C=O) groups is 1. The Morgan fingerprint density at radius 3 is 2.68 bits per heavy atom. The quantitative estimate of drug-likeness (QED) is 0.867. The van der Waals surface area contributed by atoms with Crippen molar-refractivity contribution in [1.29, 1.82) is 0 Å². The van der Waals surface area contributed by atoms with Crippen LogP contribution < -0.4 is 5.32 Å². The average molecular weight is 259 g/mol. The number of aromatic carboxylic acids is 1. The summed E-state index contributed by atoms with van der Waals surface area (Å²) in [7, 11) is 0. The third-order valence-corrected chi connectivity index (χ3v) is 2.78. The normalized spacial score (nSPS) is 10.2. The van der Waals surface area contributed by atoms with Gasteiger partial charge in [0.15, 0.2) is 0 Å². The lowest BCUT2D eigenvalue weighted by molar-refractivity contribution is 0.0698. The fraction of sp³-hybridized carbons (Fsp3) is 0.133. The van der Waals surface area contributed by atoms with Crippen LogP contribution in [0.1, 0.15) is 15.9 Å². The van der Waals surface area contributed by atoms with Gasteiger partial charge in [-0.25, -0.2) is 9.18 Å². The van der Waals surface area contributed by atoms with Crippen LogP contribution in [0.2, 0.25) is 0 Å². The Labute approximate surface area is 110 Å². The molecule has 0 aliphatic rings. The zero-order chi connectivity index (χ0) is 13.7. The highest BCUT2D eigenvalue weighted by molar-refractivity contribution is 5.94. The van der Waals surface area contributed by atoms with Gasteiger partial charge in [0.2, 0.25) is 0 Å². The van der Waals surface area contributed by atoms with E-state index in [1.807, 2.05) is 6.07 Å². The van der Waals surface area contributed by atoms with Gasteiger partial charge in [-0.3, -0.25) is 0 Å². The summed E-state index contributed by atoms with van der Waals surface area (Å²) < 4.78 is 13.0. The highest BCUT2D eigenvalue weighted by atomic mass is 19.1. The van der Waals surface area contributed by atoms with Crippen LogP contribution in [0, 0.1) is 5.82 Å². The van der Waals surface area contributed by atoms with Crippen molar-refractivity contribution in [1.82, 2.24) is 0 Å². The molecule has 0 unspecified atom stereocenters. The van der Waals surface area contributed by atoms with E-state index in [1.54, 1.807) is 30.3 Å². The molecule has 0 aromatic heterocycles. The Balaban J connectivity index is 1.98. The molecular weight excluding hydrogens is 245 g/mol. The van der Waals surface area contributed by atoms with Crippen molar-refractivity contribution >= 4 is 11.7 Å². The number of para-hydroxylation sites is 1. The first kappa shape index (κ1) is 13.1. The summed E-state index contributed by atoms with van der Waals surface area (Å²) in [5.74, 6) is -1.22. The second-order valence-electron chi connectivity index (χ2n) is 4.16. The molecule has 98 valence electrons. The number of hydrogen-bond donors (Lipinski definition) is 2. The fourth-order valence-electron chi connectivity index (χ4n) is 1.86. The first-order valence-electron chi connectivity index (χ1n) is 5.97. The van der Waals surface area contributed by atoms with E-state index in [0.29, 0.717) is 18.7 Å². The smallest absolute Gasteiger partial charge is 0.337 e. The Morgan fingerprint density at radius 2 is 1.95 bits per heavy atom. The molecule has 0 bridgehead atoms. The fourth-order valence-corrected chi connectivity index (χ4v) is 1.86. The van der Waals surface area contributed by atoms with Crippen LogP contribution >= 0.6 is 0 Å². The van der Waals surface area contributed by atoms with Crippen LogP contribution in [0.5, 0.6) is 0 Å². The number of anilines is 1. The van der Waals surface area contributed by atoms with Crippen molar-refractivity contribution in [2.24, 2.45) is 0 Å². The maximum absolute atomic E-state index is 13.0. The Bertz CT molecular complexity index is 584. The Kier molecular flexibility index (Phi) is 4.13. The van der Waals surface area contributed by atoms with Gasteiger partial charge in [-0.2, -0.15) is 0 Å². The number of nitrogens with one attached hydrogen (secondary N) is 1. The van der Waals surface area contributed by atoms with E-state index in [2.05, 4.69) is 5.32 Å². The summed E-state index contributed by atoms with van der Waals surface area (Å²) >= 11 is 0. The van der Waals surface area contributed by atoms with Gasteiger partial charge in [0.05, 0.1) is 5.56 Å². The first-order chi connectivity index (χ1) is 9.16. The second kappa shape index (κ2) is 6.00. The molecule has 2 rings (SSSR count). The Hall–Kier alpha value is -2.36. The lowest BCUT2D eigenvalue weighted by Gasteiger charge is -2.09. The molecule has 3 nitrogen and oxygen atoms in total. The van der Waals surface area contributed by atoms with E-state index < -0.39 is 5.97 Å². The number of carboxylic acids is 1. The molecule has 4 heteroatoms. The SMILES string of the molecule is O=C(O)c1ccccc1NCCc1cccc(F)c1. The molecular formula is C15H14FNO2. The van der Waals surface area contributed by atoms with Crippen molar-refractivity contribution in [3.63, 3.8) is 0 Å². The molecule has 0 saturated carbocycles. The van der Waals surface area contributed by atoms with E-state index in [9.17, 15) is 9.18 Å². The van der Waals surface area contributed by atoms with Crippen molar-refractivity contribution < 1.29 is 14.3 Å². The minimum Gasteiger partial charge on any atom is -0.478 e. The highest BCUT2D eigenvalue weighted by Gasteiger charge is 2.07. The van der Waals surface area contributed by atoms with Crippen LogP contribution in [0.3, 0.4) is 0 Å². The predicted molar refractivity (Wildman–Crippen MR) is 72.0 cm³/mol. The summed E-state index contributed by atoms with van der Waals surface area (Å²) in [5.41, 5.74) is 1.69. The van der Waals surface area contributed by atoms with Gasteiger partial charge in [0, 0.05) is 12.2 Å². The first-order valence-corrected chi connectivity index (χ1v) is 5.97. The molecule has 0 aliphatic heterocycles. The summed E-state index contributed by atoms with van der Waals surface area (Å²) in [4.78, 5) is 11.0. The maximum Gasteiger partial charge on any atom is 0.337 e.